The maximum atomic E-state index is 12.6. The lowest BCUT2D eigenvalue weighted by Gasteiger charge is -2.15. The Labute approximate surface area is 150 Å². The molecule has 1 heterocycles. The van der Waals surface area contributed by atoms with Crippen LogP contribution in [0.3, 0.4) is 0 Å². The molecule has 2 aromatic carbocycles. The van der Waals surface area contributed by atoms with Crippen LogP contribution in [-0.4, -0.2) is 23.9 Å². The number of benzene rings is 2. The summed E-state index contributed by atoms with van der Waals surface area (Å²) < 4.78 is 0. The highest BCUT2D eigenvalue weighted by atomic mass is 35.5. The zero-order chi connectivity index (χ0) is 16.2. The van der Waals surface area contributed by atoms with E-state index in [1.807, 2.05) is 50.2 Å². The smallest absolute Gasteiger partial charge is 0.255 e. The second-order valence-electron chi connectivity index (χ2n) is 6.40. The van der Waals surface area contributed by atoms with E-state index in [1.165, 1.54) is 31.5 Å². The number of likely N-dealkylation sites (tertiary alicyclic amines) is 1. The molecule has 1 saturated heterocycles. The van der Waals surface area contributed by atoms with Gasteiger partial charge in [0.15, 0.2) is 0 Å². The van der Waals surface area contributed by atoms with Gasteiger partial charge in [0.1, 0.15) is 0 Å². The molecule has 0 atom stereocenters. The van der Waals surface area contributed by atoms with Crippen molar-refractivity contribution in [3.63, 3.8) is 0 Å². The van der Waals surface area contributed by atoms with Gasteiger partial charge in [0.05, 0.1) is 0 Å². The van der Waals surface area contributed by atoms with Crippen molar-refractivity contribution in [2.45, 2.75) is 33.2 Å². The van der Waals surface area contributed by atoms with E-state index in [1.54, 1.807) is 0 Å². The van der Waals surface area contributed by atoms with Crippen molar-refractivity contribution in [1.29, 1.82) is 0 Å². The van der Waals surface area contributed by atoms with Gasteiger partial charge in [-0.05, 0) is 68.6 Å². The van der Waals surface area contributed by atoms with Crippen molar-refractivity contribution in [3.8, 4) is 0 Å². The lowest BCUT2D eigenvalue weighted by molar-refractivity contribution is 0.102. The van der Waals surface area contributed by atoms with Crippen molar-refractivity contribution in [1.82, 2.24) is 4.90 Å². The summed E-state index contributed by atoms with van der Waals surface area (Å²) in [6, 6.07) is 14.0. The molecule has 24 heavy (non-hydrogen) atoms. The summed E-state index contributed by atoms with van der Waals surface area (Å²) in [5.41, 5.74) is 5.03. The summed E-state index contributed by atoms with van der Waals surface area (Å²) in [7, 11) is 0. The molecule has 0 aliphatic carbocycles. The molecule has 3 nitrogen and oxygen atoms in total. The topological polar surface area (TPSA) is 32.3 Å². The van der Waals surface area contributed by atoms with E-state index in [-0.39, 0.29) is 18.3 Å². The molecule has 0 aromatic heterocycles. The van der Waals surface area contributed by atoms with Gasteiger partial charge in [-0.3, -0.25) is 9.69 Å². The Hall–Kier alpha value is -1.84. The Bertz CT molecular complexity index is 688. The molecule has 0 bridgehead atoms. The van der Waals surface area contributed by atoms with Gasteiger partial charge in [-0.15, -0.1) is 12.4 Å². The number of para-hydroxylation sites is 1. The average molecular weight is 345 g/mol. The summed E-state index contributed by atoms with van der Waals surface area (Å²) in [6.07, 6.45) is 2.57. The van der Waals surface area contributed by atoms with Gasteiger partial charge in [0.2, 0.25) is 0 Å². The molecule has 1 aliphatic heterocycles. The highest BCUT2D eigenvalue weighted by Gasteiger charge is 2.14. The number of amides is 1. The minimum absolute atomic E-state index is 0. The third kappa shape index (κ3) is 4.37. The predicted molar refractivity (Wildman–Crippen MR) is 102 cm³/mol. The van der Waals surface area contributed by atoms with E-state index < -0.39 is 0 Å². The number of carbonyl (C=O) groups is 1. The molecule has 0 saturated carbocycles. The molecule has 1 N–H and O–H groups in total. The second kappa shape index (κ2) is 8.32. The van der Waals surface area contributed by atoms with Crippen LogP contribution in [0.25, 0.3) is 0 Å². The Balaban J connectivity index is 0.00000208. The Morgan fingerprint density at radius 3 is 2.33 bits per heavy atom. The van der Waals surface area contributed by atoms with E-state index in [4.69, 9.17) is 0 Å². The molecule has 0 radical (unpaired) electrons. The summed E-state index contributed by atoms with van der Waals surface area (Å²) in [5.74, 6) is -0.0364. The van der Waals surface area contributed by atoms with Crippen LogP contribution in [-0.2, 0) is 6.54 Å². The van der Waals surface area contributed by atoms with Gasteiger partial charge in [0, 0.05) is 17.8 Å². The number of nitrogens with zero attached hydrogens (tertiary/aromatic N) is 1. The standard InChI is InChI=1S/C20H24N2O.ClH/c1-15-7-5-8-16(2)19(15)21-20(23)18-10-6-9-17(13-18)14-22-11-3-4-12-22;/h5-10,13H,3-4,11-12,14H2,1-2H3,(H,21,23);1H. The van der Waals surface area contributed by atoms with Crippen LogP contribution in [0, 0.1) is 13.8 Å². The molecule has 1 amide bonds. The van der Waals surface area contributed by atoms with Gasteiger partial charge in [-0.2, -0.15) is 0 Å². The van der Waals surface area contributed by atoms with Crippen LogP contribution in [0.4, 0.5) is 5.69 Å². The minimum Gasteiger partial charge on any atom is -0.322 e. The van der Waals surface area contributed by atoms with Crippen LogP contribution < -0.4 is 5.32 Å². The first-order chi connectivity index (χ1) is 11.1. The zero-order valence-electron chi connectivity index (χ0n) is 14.3. The van der Waals surface area contributed by atoms with Crippen molar-refractivity contribution in [3.05, 3.63) is 64.7 Å². The normalized spacial score (nSPS) is 14.2. The van der Waals surface area contributed by atoms with E-state index >= 15 is 0 Å². The third-order valence-corrected chi connectivity index (χ3v) is 4.51. The maximum Gasteiger partial charge on any atom is 0.255 e. The number of hydrogen-bond donors (Lipinski definition) is 1. The van der Waals surface area contributed by atoms with Crippen LogP contribution in [0.5, 0.6) is 0 Å². The molecular formula is C20H25ClN2O. The van der Waals surface area contributed by atoms with Gasteiger partial charge in [-0.25, -0.2) is 0 Å². The predicted octanol–water partition coefficient (Wildman–Crippen LogP) is 4.57. The molecule has 0 unspecified atom stereocenters. The quantitative estimate of drug-likeness (QED) is 0.880. The SMILES string of the molecule is Cc1cccc(C)c1NC(=O)c1cccc(CN2CCCC2)c1.Cl. The van der Waals surface area contributed by atoms with E-state index in [0.717, 1.165) is 28.9 Å². The first kappa shape index (κ1) is 18.5. The molecule has 4 heteroatoms. The fraction of sp³-hybridized carbons (Fsp3) is 0.350. The largest absolute Gasteiger partial charge is 0.322 e. The molecule has 1 aliphatic rings. The van der Waals surface area contributed by atoms with Crippen LogP contribution in [0.2, 0.25) is 0 Å². The summed E-state index contributed by atoms with van der Waals surface area (Å²) >= 11 is 0. The van der Waals surface area contributed by atoms with Crippen molar-refractivity contribution < 1.29 is 4.79 Å². The van der Waals surface area contributed by atoms with Gasteiger partial charge >= 0.3 is 0 Å². The van der Waals surface area contributed by atoms with Crippen molar-refractivity contribution in [2.24, 2.45) is 0 Å². The second-order valence-corrected chi connectivity index (χ2v) is 6.40. The van der Waals surface area contributed by atoms with Gasteiger partial charge in [-0.1, -0.05) is 30.3 Å². The van der Waals surface area contributed by atoms with Crippen LogP contribution in [0.1, 0.15) is 39.9 Å². The molecule has 0 spiro atoms. The third-order valence-electron chi connectivity index (χ3n) is 4.51. The minimum atomic E-state index is -0.0364. The van der Waals surface area contributed by atoms with Crippen molar-refractivity contribution >= 4 is 24.0 Å². The van der Waals surface area contributed by atoms with Crippen molar-refractivity contribution in [2.75, 3.05) is 18.4 Å². The molecule has 1 fully saturated rings. The number of halogens is 1. The lowest BCUT2D eigenvalue weighted by Crippen LogP contribution is -2.19. The molecular weight excluding hydrogens is 320 g/mol. The Kier molecular flexibility index (Phi) is 6.41. The number of carbonyl (C=O) groups excluding carboxylic acids is 1. The first-order valence-corrected chi connectivity index (χ1v) is 8.32. The Morgan fingerprint density at radius 1 is 1.04 bits per heavy atom. The average Bonchev–Trinajstić information content (AvgIpc) is 3.04. The number of anilines is 1. The highest BCUT2D eigenvalue weighted by Crippen LogP contribution is 2.21. The highest BCUT2D eigenvalue weighted by molar-refractivity contribution is 6.05. The fourth-order valence-corrected chi connectivity index (χ4v) is 3.21. The summed E-state index contributed by atoms with van der Waals surface area (Å²) in [5, 5.41) is 3.06. The number of aryl methyl sites for hydroxylation is 2. The molecule has 3 rings (SSSR count). The van der Waals surface area contributed by atoms with Gasteiger partial charge in [0.25, 0.3) is 5.91 Å². The lowest BCUT2D eigenvalue weighted by atomic mass is 10.1. The maximum absolute atomic E-state index is 12.6. The first-order valence-electron chi connectivity index (χ1n) is 8.32. The zero-order valence-corrected chi connectivity index (χ0v) is 15.2. The summed E-state index contributed by atoms with van der Waals surface area (Å²) in [6.45, 7) is 7.31. The number of nitrogens with one attached hydrogen (secondary N) is 1. The van der Waals surface area contributed by atoms with E-state index in [9.17, 15) is 4.79 Å². The number of rotatable bonds is 4. The van der Waals surface area contributed by atoms with Gasteiger partial charge < -0.3 is 5.32 Å². The molecule has 2 aromatic rings. The number of hydrogen-bond acceptors (Lipinski definition) is 2. The Morgan fingerprint density at radius 2 is 1.67 bits per heavy atom. The van der Waals surface area contributed by atoms with Crippen LogP contribution >= 0.6 is 12.4 Å². The fourth-order valence-electron chi connectivity index (χ4n) is 3.21. The van der Waals surface area contributed by atoms with Crippen LogP contribution in [0.15, 0.2) is 42.5 Å². The monoisotopic (exact) mass is 344 g/mol. The van der Waals surface area contributed by atoms with E-state index in [2.05, 4.69) is 16.3 Å². The molecule has 128 valence electrons. The van der Waals surface area contributed by atoms with E-state index in [0.29, 0.717) is 0 Å². The summed E-state index contributed by atoms with van der Waals surface area (Å²) in [4.78, 5) is 15.0.